The molecule has 0 heterocycles. The second-order valence-electron chi connectivity index (χ2n) is 5.81. The van der Waals surface area contributed by atoms with E-state index < -0.39 is 0 Å². The van der Waals surface area contributed by atoms with E-state index in [4.69, 9.17) is 11.6 Å². The van der Waals surface area contributed by atoms with Crippen LogP contribution in [-0.4, -0.2) is 17.8 Å². The third kappa shape index (κ3) is 2.94. The number of hydrogen-bond acceptors (Lipinski definition) is 1. The Morgan fingerprint density at radius 2 is 2.05 bits per heavy atom. The van der Waals surface area contributed by atoms with Crippen molar-refractivity contribution in [3.8, 4) is 0 Å². The summed E-state index contributed by atoms with van der Waals surface area (Å²) in [5.74, 6) is 1.29. The van der Waals surface area contributed by atoms with E-state index in [1.54, 1.807) is 0 Å². The number of amides is 1. The number of hydrogen-bond donors (Lipinski definition) is 1. The lowest BCUT2D eigenvalue weighted by atomic mass is 10.1. The van der Waals surface area contributed by atoms with Gasteiger partial charge in [0.25, 0.3) is 0 Å². The first-order valence-corrected chi connectivity index (χ1v) is 7.66. The first kappa shape index (κ1) is 13.0. The number of carbonyl (C=O) groups excluding carboxylic acids is 1. The molecule has 0 saturated heterocycles. The van der Waals surface area contributed by atoms with Gasteiger partial charge < -0.3 is 5.32 Å². The van der Waals surface area contributed by atoms with Gasteiger partial charge in [-0.2, -0.15) is 0 Å². The molecule has 2 aliphatic carbocycles. The zero-order valence-electron chi connectivity index (χ0n) is 11.0. The molecule has 0 bridgehead atoms. The highest BCUT2D eigenvalue weighted by Crippen LogP contribution is 2.47. The summed E-state index contributed by atoms with van der Waals surface area (Å²) in [5.41, 5.74) is 1.29. The molecule has 0 aromatic heterocycles. The van der Waals surface area contributed by atoms with E-state index in [1.165, 1.54) is 12.0 Å². The van der Waals surface area contributed by atoms with Crippen LogP contribution >= 0.6 is 11.6 Å². The zero-order chi connectivity index (χ0) is 13.2. The SMILES string of the molecule is O=C(NCC1CCCC1Cl)C1CC1c1ccccc1. The van der Waals surface area contributed by atoms with E-state index in [2.05, 4.69) is 17.4 Å². The van der Waals surface area contributed by atoms with E-state index in [0.29, 0.717) is 11.8 Å². The number of nitrogens with one attached hydrogen (secondary N) is 1. The van der Waals surface area contributed by atoms with Crippen molar-refractivity contribution < 1.29 is 4.79 Å². The maximum atomic E-state index is 12.1. The van der Waals surface area contributed by atoms with Crippen LogP contribution in [0.4, 0.5) is 0 Å². The Bertz CT molecular complexity index is 447. The molecule has 4 unspecified atom stereocenters. The average Bonchev–Trinajstić information content (AvgIpc) is 3.14. The largest absolute Gasteiger partial charge is 0.356 e. The van der Waals surface area contributed by atoms with Gasteiger partial charge >= 0.3 is 0 Å². The van der Waals surface area contributed by atoms with E-state index in [9.17, 15) is 4.79 Å². The van der Waals surface area contributed by atoms with Crippen LogP contribution in [0.25, 0.3) is 0 Å². The molecule has 2 aliphatic rings. The Balaban J connectivity index is 1.48. The Labute approximate surface area is 119 Å². The van der Waals surface area contributed by atoms with Gasteiger partial charge in [0.2, 0.25) is 5.91 Å². The summed E-state index contributed by atoms with van der Waals surface area (Å²) in [6, 6.07) is 10.3. The molecule has 3 heteroatoms. The average molecular weight is 278 g/mol. The third-order valence-corrected chi connectivity index (χ3v) is 5.03. The summed E-state index contributed by atoms with van der Waals surface area (Å²) in [6.07, 6.45) is 4.44. The minimum atomic E-state index is 0.178. The van der Waals surface area contributed by atoms with Crippen LogP contribution in [0.3, 0.4) is 0 Å². The van der Waals surface area contributed by atoms with Gasteiger partial charge in [0.1, 0.15) is 0 Å². The molecule has 1 amide bonds. The van der Waals surface area contributed by atoms with Crippen molar-refractivity contribution in [2.24, 2.45) is 11.8 Å². The number of rotatable bonds is 4. The quantitative estimate of drug-likeness (QED) is 0.841. The van der Waals surface area contributed by atoms with Crippen LogP contribution in [0.15, 0.2) is 30.3 Å². The van der Waals surface area contributed by atoms with Crippen molar-refractivity contribution >= 4 is 17.5 Å². The van der Waals surface area contributed by atoms with Gasteiger partial charge in [-0.05, 0) is 36.7 Å². The molecule has 0 aliphatic heterocycles. The zero-order valence-corrected chi connectivity index (χ0v) is 11.8. The maximum Gasteiger partial charge on any atom is 0.223 e. The van der Waals surface area contributed by atoms with Gasteiger partial charge in [-0.25, -0.2) is 0 Å². The smallest absolute Gasteiger partial charge is 0.223 e. The lowest BCUT2D eigenvalue weighted by Gasteiger charge is -2.14. The van der Waals surface area contributed by atoms with Gasteiger partial charge in [0.05, 0.1) is 0 Å². The van der Waals surface area contributed by atoms with Crippen LogP contribution in [0, 0.1) is 11.8 Å². The molecule has 19 heavy (non-hydrogen) atoms. The Kier molecular flexibility index (Phi) is 3.79. The van der Waals surface area contributed by atoms with Gasteiger partial charge in [0, 0.05) is 17.8 Å². The Morgan fingerprint density at radius 3 is 2.74 bits per heavy atom. The fourth-order valence-electron chi connectivity index (χ4n) is 3.14. The molecule has 2 nitrogen and oxygen atoms in total. The van der Waals surface area contributed by atoms with Crippen molar-refractivity contribution in [3.63, 3.8) is 0 Å². The molecule has 1 aromatic carbocycles. The maximum absolute atomic E-state index is 12.1. The minimum absolute atomic E-state index is 0.178. The second kappa shape index (κ2) is 5.54. The van der Waals surface area contributed by atoms with Crippen LogP contribution in [-0.2, 0) is 4.79 Å². The topological polar surface area (TPSA) is 29.1 Å². The highest BCUT2D eigenvalue weighted by molar-refractivity contribution is 6.21. The summed E-state index contributed by atoms with van der Waals surface area (Å²) in [7, 11) is 0. The molecular formula is C16H20ClNO. The fourth-order valence-corrected chi connectivity index (χ4v) is 3.51. The summed E-state index contributed by atoms with van der Waals surface area (Å²) < 4.78 is 0. The summed E-state index contributed by atoms with van der Waals surface area (Å²) in [5, 5.41) is 3.35. The van der Waals surface area contributed by atoms with Crippen molar-refractivity contribution in [1.29, 1.82) is 0 Å². The van der Waals surface area contributed by atoms with Crippen molar-refractivity contribution in [1.82, 2.24) is 5.32 Å². The van der Waals surface area contributed by atoms with Gasteiger partial charge in [-0.15, -0.1) is 11.6 Å². The molecule has 1 aromatic rings. The van der Waals surface area contributed by atoms with Crippen LogP contribution in [0.5, 0.6) is 0 Å². The molecule has 102 valence electrons. The number of carbonyl (C=O) groups is 1. The lowest BCUT2D eigenvalue weighted by molar-refractivity contribution is -0.122. The fraction of sp³-hybridized carbons (Fsp3) is 0.562. The molecule has 2 saturated carbocycles. The highest BCUT2D eigenvalue weighted by atomic mass is 35.5. The van der Waals surface area contributed by atoms with Gasteiger partial charge in [-0.3, -0.25) is 4.79 Å². The van der Waals surface area contributed by atoms with Crippen LogP contribution in [0.1, 0.15) is 37.2 Å². The summed E-state index contributed by atoms with van der Waals surface area (Å²) in [6.45, 7) is 0.755. The van der Waals surface area contributed by atoms with Crippen LogP contribution < -0.4 is 5.32 Å². The normalized spacial score (nSPS) is 33.1. The van der Waals surface area contributed by atoms with Crippen LogP contribution in [0.2, 0.25) is 0 Å². The molecule has 1 N–H and O–H groups in total. The van der Waals surface area contributed by atoms with Gasteiger partial charge in [-0.1, -0.05) is 36.8 Å². The summed E-state index contributed by atoms with van der Waals surface area (Å²) in [4.78, 5) is 12.1. The molecule has 2 fully saturated rings. The van der Waals surface area contributed by atoms with Gasteiger partial charge in [0.15, 0.2) is 0 Å². The number of alkyl halides is 1. The molecule has 0 spiro atoms. The predicted octanol–water partition coefficient (Wildman–Crippen LogP) is 3.31. The molecular weight excluding hydrogens is 258 g/mol. The first-order chi connectivity index (χ1) is 9.25. The summed E-state index contributed by atoms with van der Waals surface area (Å²) >= 11 is 6.23. The number of halogens is 1. The third-order valence-electron chi connectivity index (χ3n) is 4.46. The molecule has 4 atom stereocenters. The molecule has 0 radical (unpaired) electrons. The van der Waals surface area contributed by atoms with Crippen molar-refractivity contribution in [2.45, 2.75) is 37.0 Å². The lowest BCUT2D eigenvalue weighted by Crippen LogP contribution is -2.32. The second-order valence-corrected chi connectivity index (χ2v) is 6.37. The van der Waals surface area contributed by atoms with Crippen molar-refractivity contribution in [3.05, 3.63) is 35.9 Å². The minimum Gasteiger partial charge on any atom is -0.356 e. The monoisotopic (exact) mass is 277 g/mol. The van der Waals surface area contributed by atoms with Crippen molar-refractivity contribution in [2.75, 3.05) is 6.54 Å². The Morgan fingerprint density at radius 1 is 1.26 bits per heavy atom. The van der Waals surface area contributed by atoms with E-state index in [-0.39, 0.29) is 17.2 Å². The van der Waals surface area contributed by atoms with E-state index >= 15 is 0 Å². The molecule has 3 rings (SSSR count). The van der Waals surface area contributed by atoms with E-state index in [0.717, 1.165) is 25.8 Å². The highest BCUT2D eigenvalue weighted by Gasteiger charge is 2.43. The predicted molar refractivity (Wildman–Crippen MR) is 77.3 cm³/mol. The standard InChI is InChI=1S/C16H20ClNO/c17-15-8-4-7-12(15)10-18-16(19)14-9-13(14)11-5-2-1-3-6-11/h1-3,5-6,12-15H,4,7-10H2,(H,18,19). The first-order valence-electron chi connectivity index (χ1n) is 7.22. The Hall–Kier alpha value is -1.02. The number of benzene rings is 1. The van der Waals surface area contributed by atoms with E-state index in [1.807, 2.05) is 18.2 Å².